The molecule has 1 amide bonds. The first-order valence-corrected chi connectivity index (χ1v) is 9.69. The fraction of sp³-hybridized carbons (Fsp3) is 0.619. The van der Waals surface area contributed by atoms with Gasteiger partial charge in [-0.3, -0.25) is 9.63 Å². The maximum atomic E-state index is 12.6. The van der Waals surface area contributed by atoms with E-state index in [1.165, 1.54) is 5.06 Å². The molecule has 0 aromatic heterocycles. The van der Waals surface area contributed by atoms with Crippen LogP contribution in [0, 0.1) is 0 Å². The minimum Gasteiger partial charge on any atom is -0.442 e. The van der Waals surface area contributed by atoms with Crippen molar-refractivity contribution in [3.63, 3.8) is 0 Å². The van der Waals surface area contributed by atoms with Gasteiger partial charge in [0.1, 0.15) is 11.7 Å². The van der Waals surface area contributed by atoms with Crippen molar-refractivity contribution in [1.82, 2.24) is 5.06 Å². The van der Waals surface area contributed by atoms with E-state index >= 15 is 0 Å². The van der Waals surface area contributed by atoms with Crippen LogP contribution in [-0.4, -0.2) is 41.5 Å². The van der Waals surface area contributed by atoms with Gasteiger partial charge >= 0.3 is 6.09 Å². The van der Waals surface area contributed by atoms with Gasteiger partial charge in [0, 0.05) is 12.0 Å². The predicted octanol–water partition coefficient (Wildman–Crippen LogP) is 4.73. The second kappa shape index (κ2) is 9.85. The Hall–Kier alpha value is -1.92. The first-order valence-electron chi connectivity index (χ1n) is 9.69. The lowest BCUT2D eigenvalue weighted by atomic mass is 10.1. The number of hydroxylamine groups is 2. The average Bonchev–Trinajstić information content (AvgIpc) is 2.62. The van der Waals surface area contributed by atoms with Crippen molar-refractivity contribution in [3.05, 3.63) is 35.9 Å². The largest absolute Gasteiger partial charge is 0.442 e. The highest BCUT2D eigenvalue weighted by Gasteiger charge is 2.37. The number of carbonyl (C=O) groups excluding carboxylic acids is 2. The number of benzene rings is 1. The minimum absolute atomic E-state index is 0.0437. The van der Waals surface area contributed by atoms with Crippen molar-refractivity contribution in [2.24, 2.45) is 0 Å². The van der Waals surface area contributed by atoms with Gasteiger partial charge in [0.2, 0.25) is 0 Å². The van der Waals surface area contributed by atoms with Crippen LogP contribution in [0.1, 0.15) is 70.2 Å². The molecule has 2 rings (SSSR count). The lowest BCUT2D eigenvalue weighted by molar-refractivity contribution is -0.309. The number of carbonyl (C=O) groups is 2. The van der Waals surface area contributed by atoms with Crippen LogP contribution >= 0.6 is 0 Å². The summed E-state index contributed by atoms with van der Waals surface area (Å²) >= 11 is 0. The van der Waals surface area contributed by atoms with Gasteiger partial charge < -0.3 is 9.47 Å². The van der Waals surface area contributed by atoms with Crippen molar-refractivity contribution in [3.8, 4) is 0 Å². The van der Waals surface area contributed by atoms with E-state index in [9.17, 15) is 9.59 Å². The van der Waals surface area contributed by atoms with Crippen LogP contribution < -0.4 is 0 Å². The molecule has 1 aliphatic rings. The Morgan fingerprint density at radius 1 is 1.19 bits per heavy atom. The number of nitrogens with zero attached hydrogens (tertiary/aromatic N) is 1. The minimum atomic E-state index is -0.638. The normalized spacial score (nSPS) is 20.4. The second-order valence-electron chi connectivity index (χ2n) is 7.81. The molecule has 1 fully saturated rings. The summed E-state index contributed by atoms with van der Waals surface area (Å²) < 4.78 is 11.3. The van der Waals surface area contributed by atoms with Crippen LogP contribution in [0.2, 0.25) is 0 Å². The third-order valence-electron chi connectivity index (χ3n) is 4.14. The molecular formula is C21H31NO5. The van der Waals surface area contributed by atoms with Crippen LogP contribution in [0.25, 0.3) is 0 Å². The van der Waals surface area contributed by atoms with E-state index < -0.39 is 24.0 Å². The number of ether oxygens (including phenoxy) is 2. The van der Waals surface area contributed by atoms with E-state index in [2.05, 4.69) is 6.92 Å². The Bertz CT molecular complexity index is 611. The molecule has 0 N–H and O–H groups in total. The van der Waals surface area contributed by atoms with E-state index in [1.54, 1.807) is 32.9 Å². The molecule has 6 nitrogen and oxygen atoms in total. The third kappa shape index (κ3) is 6.96. The Balaban J connectivity index is 2.02. The van der Waals surface area contributed by atoms with Crippen LogP contribution in [0.15, 0.2) is 30.3 Å². The Kier molecular flexibility index (Phi) is 7.80. The first kappa shape index (κ1) is 21.4. The summed E-state index contributed by atoms with van der Waals surface area (Å²) in [6.45, 7) is 7.80. The number of ketones is 1. The Morgan fingerprint density at radius 3 is 2.52 bits per heavy atom. The van der Waals surface area contributed by atoms with Gasteiger partial charge in [-0.05, 0) is 33.6 Å². The molecule has 0 saturated carbocycles. The van der Waals surface area contributed by atoms with Gasteiger partial charge in [-0.2, -0.15) is 5.06 Å². The van der Waals surface area contributed by atoms with Crippen molar-refractivity contribution in [1.29, 1.82) is 0 Å². The van der Waals surface area contributed by atoms with E-state index in [4.69, 9.17) is 14.3 Å². The average molecular weight is 377 g/mol. The standard InChI is InChI=1S/C21H31NO5/c1-5-6-8-13-19-22(20(24)26-21(2,3)4)27-17(15-25-19)14-18(23)16-11-9-7-10-12-16/h7,9-12,17,19H,5-6,8,13-15H2,1-4H3/t17-,19-/m1/s1. The van der Waals surface area contributed by atoms with Crippen molar-refractivity contribution in [2.75, 3.05) is 6.61 Å². The zero-order valence-electron chi connectivity index (χ0n) is 16.8. The van der Waals surface area contributed by atoms with Crippen LogP contribution in [0.5, 0.6) is 0 Å². The maximum absolute atomic E-state index is 12.6. The zero-order chi connectivity index (χ0) is 19.9. The highest BCUT2D eigenvalue weighted by molar-refractivity contribution is 5.96. The molecule has 0 radical (unpaired) electrons. The molecule has 1 aliphatic heterocycles. The predicted molar refractivity (Wildman–Crippen MR) is 102 cm³/mol. The third-order valence-corrected chi connectivity index (χ3v) is 4.14. The molecule has 0 bridgehead atoms. The molecule has 0 spiro atoms. The van der Waals surface area contributed by atoms with Gasteiger partial charge in [-0.15, -0.1) is 0 Å². The number of hydrogen-bond donors (Lipinski definition) is 0. The van der Waals surface area contributed by atoms with Crippen molar-refractivity contribution >= 4 is 11.9 Å². The summed E-state index contributed by atoms with van der Waals surface area (Å²) in [5, 5.41) is 1.17. The first-order chi connectivity index (χ1) is 12.8. The molecule has 27 heavy (non-hydrogen) atoms. The topological polar surface area (TPSA) is 65.1 Å². The summed E-state index contributed by atoms with van der Waals surface area (Å²) in [4.78, 5) is 30.9. The summed E-state index contributed by atoms with van der Waals surface area (Å²) in [5.74, 6) is -0.0437. The van der Waals surface area contributed by atoms with E-state index in [0.717, 1.165) is 19.3 Å². The lowest BCUT2D eigenvalue weighted by Gasteiger charge is -2.38. The summed E-state index contributed by atoms with van der Waals surface area (Å²) in [6.07, 6.45) is 2.28. The number of amides is 1. The molecule has 6 heteroatoms. The van der Waals surface area contributed by atoms with E-state index in [1.807, 2.05) is 18.2 Å². The molecule has 1 saturated heterocycles. The summed E-state index contributed by atoms with van der Waals surface area (Å²) in [6, 6.07) is 9.04. The number of hydrogen-bond acceptors (Lipinski definition) is 5. The molecule has 0 aliphatic carbocycles. The van der Waals surface area contributed by atoms with E-state index in [-0.39, 0.29) is 18.8 Å². The highest BCUT2D eigenvalue weighted by atomic mass is 16.8. The molecule has 2 atom stereocenters. The second-order valence-corrected chi connectivity index (χ2v) is 7.81. The van der Waals surface area contributed by atoms with Gasteiger partial charge in [0.05, 0.1) is 6.61 Å². The molecule has 1 heterocycles. The Labute approximate surface area is 161 Å². The number of rotatable bonds is 7. The molecule has 0 unspecified atom stereocenters. The number of Topliss-reactive ketones (excluding diaryl/α,β-unsaturated/α-hetero) is 1. The van der Waals surface area contributed by atoms with Gasteiger partial charge in [-0.25, -0.2) is 4.79 Å². The number of unbranched alkanes of at least 4 members (excludes halogenated alkanes) is 2. The van der Waals surface area contributed by atoms with Gasteiger partial charge in [0.15, 0.2) is 12.0 Å². The van der Waals surface area contributed by atoms with Crippen LogP contribution in [-0.2, 0) is 14.3 Å². The molecule has 150 valence electrons. The maximum Gasteiger partial charge on any atom is 0.437 e. The van der Waals surface area contributed by atoms with E-state index in [0.29, 0.717) is 12.0 Å². The lowest BCUT2D eigenvalue weighted by Crippen LogP contribution is -2.52. The van der Waals surface area contributed by atoms with Crippen LogP contribution in [0.3, 0.4) is 0 Å². The monoisotopic (exact) mass is 377 g/mol. The van der Waals surface area contributed by atoms with Gasteiger partial charge in [-0.1, -0.05) is 50.1 Å². The van der Waals surface area contributed by atoms with Crippen LogP contribution in [0.4, 0.5) is 4.79 Å². The summed E-state index contributed by atoms with van der Waals surface area (Å²) in [7, 11) is 0. The highest BCUT2D eigenvalue weighted by Crippen LogP contribution is 2.24. The SMILES string of the molecule is CCCCC[C@H]1OC[C@@H](CC(=O)c2ccccc2)ON1C(=O)OC(C)(C)C. The fourth-order valence-corrected chi connectivity index (χ4v) is 2.83. The Morgan fingerprint density at radius 2 is 1.89 bits per heavy atom. The molecule has 1 aromatic carbocycles. The molecule has 1 aromatic rings. The zero-order valence-corrected chi connectivity index (χ0v) is 16.8. The van der Waals surface area contributed by atoms with Gasteiger partial charge in [0.25, 0.3) is 0 Å². The van der Waals surface area contributed by atoms with Crippen molar-refractivity contribution < 1.29 is 23.9 Å². The molecular weight excluding hydrogens is 346 g/mol. The summed E-state index contributed by atoms with van der Waals surface area (Å²) in [5.41, 5.74) is -0.0173. The fourth-order valence-electron chi connectivity index (χ4n) is 2.83. The van der Waals surface area contributed by atoms with Crippen molar-refractivity contribution in [2.45, 2.75) is 77.7 Å². The quantitative estimate of drug-likeness (QED) is 0.507. The smallest absolute Gasteiger partial charge is 0.437 e.